The van der Waals surface area contributed by atoms with Gasteiger partial charge in [-0.2, -0.15) is 0 Å². The molecular formula is C11H24N2O5. The van der Waals surface area contributed by atoms with Crippen LogP contribution in [0.5, 0.6) is 0 Å². The Bertz CT molecular complexity index is 252. The van der Waals surface area contributed by atoms with Crippen LogP contribution in [0.4, 0.5) is 0 Å². The molecule has 0 spiro atoms. The van der Waals surface area contributed by atoms with Crippen LogP contribution in [0, 0.1) is 0 Å². The van der Waals surface area contributed by atoms with Crippen molar-refractivity contribution >= 4 is 5.97 Å². The molecule has 1 rings (SSSR count). The number of carboxylic acids is 1. The molecule has 3 atom stereocenters. The van der Waals surface area contributed by atoms with Crippen LogP contribution < -0.4 is 5.32 Å². The lowest BCUT2D eigenvalue weighted by Gasteiger charge is -2.21. The first kappa shape index (κ1) is 17.3. The highest BCUT2D eigenvalue weighted by Crippen LogP contribution is 2.14. The molecule has 108 valence electrons. The van der Waals surface area contributed by atoms with Crippen molar-refractivity contribution < 1.29 is 24.9 Å². The number of nitrogens with zero attached hydrogens (tertiary/aromatic N) is 1. The van der Waals surface area contributed by atoms with Crippen LogP contribution in [0.25, 0.3) is 0 Å². The molecule has 0 aliphatic carbocycles. The van der Waals surface area contributed by atoms with Crippen LogP contribution in [-0.4, -0.2) is 65.1 Å². The Balaban J connectivity index is 0.000000321. The molecule has 1 aliphatic rings. The van der Waals surface area contributed by atoms with Gasteiger partial charge >= 0.3 is 5.97 Å². The van der Waals surface area contributed by atoms with E-state index in [1.807, 2.05) is 25.9 Å². The van der Waals surface area contributed by atoms with Gasteiger partial charge < -0.3 is 20.1 Å². The number of hydrogen-bond donors (Lipinski definition) is 4. The van der Waals surface area contributed by atoms with Gasteiger partial charge in [-0.05, 0) is 40.9 Å². The molecule has 0 saturated carbocycles. The molecule has 0 amide bonds. The number of aliphatic hydroxyl groups excluding tert-OH is 1. The number of hydrogen-bond acceptors (Lipinski definition) is 6. The van der Waals surface area contributed by atoms with Crippen LogP contribution in [0.3, 0.4) is 0 Å². The fourth-order valence-corrected chi connectivity index (χ4v) is 1.32. The summed E-state index contributed by atoms with van der Waals surface area (Å²) in [5, 5.41) is 28.6. The summed E-state index contributed by atoms with van der Waals surface area (Å²) in [7, 11) is 3.79. The molecule has 1 aliphatic heterocycles. The largest absolute Gasteiger partial charge is 0.478 e. The molecule has 18 heavy (non-hydrogen) atoms. The summed E-state index contributed by atoms with van der Waals surface area (Å²) >= 11 is 0. The second-order valence-corrected chi connectivity index (χ2v) is 4.49. The number of aliphatic hydroxyl groups is 2. The van der Waals surface area contributed by atoms with Gasteiger partial charge in [0.15, 0.2) is 6.29 Å². The predicted octanol–water partition coefficient (Wildman–Crippen LogP) is -0.608. The average molecular weight is 264 g/mol. The molecular weight excluding hydrogens is 240 g/mol. The van der Waals surface area contributed by atoms with E-state index in [1.165, 1.54) is 0 Å². The predicted molar refractivity (Wildman–Crippen MR) is 65.7 cm³/mol. The Hall–Kier alpha value is -0.730. The second-order valence-electron chi connectivity index (χ2n) is 4.49. The Morgan fingerprint density at radius 2 is 2.00 bits per heavy atom. The monoisotopic (exact) mass is 264 g/mol. The highest BCUT2D eigenvalue weighted by molar-refractivity contribution is 5.76. The molecule has 1 saturated heterocycles. The maximum atomic E-state index is 10.2. The lowest BCUT2D eigenvalue weighted by Crippen LogP contribution is -2.47. The van der Waals surface area contributed by atoms with Crippen LogP contribution >= 0.6 is 0 Å². The Kier molecular flexibility index (Phi) is 7.34. The van der Waals surface area contributed by atoms with Crippen molar-refractivity contribution in [3.63, 3.8) is 0 Å². The summed E-state index contributed by atoms with van der Waals surface area (Å²) in [6, 6.07) is 0. The van der Waals surface area contributed by atoms with Crippen LogP contribution in [0.1, 0.15) is 26.7 Å². The van der Waals surface area contributed by atoms with E-state index in [1.54, 1.807) is 6.92 Å². The fourth-order valence-electron chi connectivity index (χ4n) is 1.32. The summed E-state index contributed by atoms with van der Waals surface area (Å²) in [6.07, 6.45) is 0.331. The lowest BCUT2D eigenvalue weighted by molar-refractivity contribution is -0.160. The maximum Gasteiger partial charge on any atom is 0.351 e. The average Bonchev–Trinajstić information content (AvgIpc) is 2.66. The minimum Gasteiger partial charge on any atom is -0.478 e. The summed E-state index contributed by atoms with van der Waals surface area (Å²) in [6.45, 7) is 4.07. The third-order valence-electron chi connectivity index (χ3n) is 2.61. The highest BCUT2D eigenvalue weighted by Gasteiger charge is 2.38. The highest BCUT2D eigenvalue weighted by atomic mass is 16.6. The smallest absolute Gasteiger partial charge is 0.351 e. The summed E-state index contributed by atoms with van der Waals surface area (Å²) in [4.78, 5) is 12.1. The van der Waals surface area contributed by atoms with Gasteiger partial charge in [0, 0.05) is 6.42 Å². The van der Waals surface area contributed by atoms with Gasteiger partial charge in [-0.25, -0.2) is 4.79 Å². The van der Waals surface area contributed by atoms with E-state index in [4.69, 9.17) is 20.1 Å². The molecule has 0 bridgehead atoms. The van der Waals surface area contributed by atoms with E-state index in [-0.39, 0.29) is 6.23 Å². The standard InChI is InChI=1S/C6H15NO2.C5H9NO3/c1-5(7(3)4)9-6(2)8;7-4(8)5(9)2-1-3-6-5/h5-6,8H,1-4H3;6,9H,1-3H2,(H,7,8)/t;5-/m.1/s1. The van der Waals surface area contributed by atoms with Crippen molar-refractivity contribution in [3.8, 4) is 0 Å². The van der Waals surface area contributed by atoms with Crippen molar-refractivity contribution in [1.82, 2.24) is 10.2 Å². The van der Waals surface area contributed by atoms with Crippen molar-refractivity contribution in [2.75, 3.05) is 20.6 Å². The first-order valence-electron chi connectivity index (χ1n) is 5.90. The summed E-state index contributed by atoms with van der Waals surface area (Å²) in [5.41, 5.74) is -1.64. The van der Waals surface area contributed by atoms with Crippen LogP contribution in [0.2, 0.25) is 0 Å². The molecule has 7 heteroatoms. The van der Waals surface area contributed by atoms with E-state index in [0.717, 1.165) is 6.42 Å². The molecule has 2 unspecified atom stereocenters. The van der Waals surface area contributed by atoms with Gasteiger partial charge in [-0.15, -0.1) is 0 Å². The van der Waals surface area contributed by atoms with Crippen molar-refractivity contribution in [2.24, 2.45) is 0 Å². The van der Waals surface area contributed by atoms with Crippen molar-refractivity contribution in [1.29, 1.82) is 0 Å². The zero-order valence-electron chi connectivity index (χ0n) is 11.4. The maximum absolute atomic E-state index is 10.2. The Morgan fingerprint density at radius 1 is 1.44 bits per heavy atom. The number of aliphatic carboxylic acids is 1. The van der Waals surface area contributed by atoms with Crippen molar-refractivity contribution in [2.45, 2.75) is 44.9 Å². The van der Waals surface area contributed by atoms with E-state index in [0.29, 0.717) is 13.0 Å². The minimum atomic E-state index is -1.64. The van der Waals surface area contributed by atoms with Gasteiger partial charge in [0.1, 0.15) is 6.23 Å². The number of rotatable bonds is 4. The van der Waals surface area contributed by atoms with Gasteiger partial charge in [-0.3, -0.25) is 10.2 Å². The molecule has 7 nitrogen and oxygen atoms in total. The van der Waals surface area contributed by atoms with Gasteiger partial charge in [0.25, 0.3) is 0 Å². The number of carbonyl (C=O) groups is 1. The molecule has 0 radical (unpaired) electrons. The number of nitrogens with one attached hydrogen (secondary N) is 1. The summed E-state index contributed by atoms with van der Waals surface area (Å²) in [5.74, 6) is -1.18. The van der Waals surface area contributed by atoms with E-state index < -0.39 is 18.0 Å². The first-order valence-corrected chi connectivity index (χ1v) is 5.90. The van der Waals surface area contributed by atoms with Gasteiger partial charge in [0.05, 0.1) is 0 Å². The summed E-state index contributed by atoms with van der Waals surface area (Å²) < 4.78 is 4.99. The molecule has 0 aromatic heterocycles. The zero-order valence-corrected chi connectivity index (χ0v) is 11.4. The zero-order chi connectivity index (χ0) is 14.3. The van der Waals surface area contributed by atoms with Crippen LogP contribution in [-0.2, 0) is 9.53 Å². The quantitative estimate of drug-likeness (QED) is 0.502. The van der Waals surface area contributed by atoms with E-state index >= 15 is 0 Å². The van der Waals surface area contributed by atoms with Gasteiger partial charge in [-0.1, -0.05) is 0 Å². The van der Waals surface area contributed by atoms with Crippen LogP contribution in [0.15, 0.2) is 0 Å². The molecule has 0 aromatic rings. The first-order chi connectivity index (χ1) is 8.19. The van der Waals surface area contributed by atoms with Crippen molar-refractivity contribution in [3.05, 3.63) is 0 Å². The van der Waals surface area contributed by atoms with E-state index in [2.05, 4.69) is 5.32 Å². The normalized spacial score (nSPS) is 26.4. The van der Waals surface area contributed by atoms with Gasteiger partial charge in [0.2, 0.25) is 5.72 Å². The SMILES string of the molecule is CC(O)OC(C)N(C)C.O=C(O)[C@]1(O)CCCN1. The number of ether oxygens (including phenoxy) is 1. The molecule has 1 fully saturated rings. The lowest BCUT2D eigenvalue weighted by atomic mass is 10.2. The van der Waals surface area contributed by atoms with E-state index in [9.17, 15) is 4.79 Å². The molecule has 4 N–H and O–H groups in total. The number of carboxylic acid groups (broad SMARTS) is 1. The molecule has 0 aromatic carbocycles. The fraction of sp³-hybridized carbons (Fsp3) is 0.909. The Labute approximate surface area is 107 Å². The Morgan fingerprint density at radius 3 is 2.17 bits per heavy atom. The molecule has 1 heterocycles. The third kappa shape index (κ3) is 6.27. The minimum absolute atomic E-state index is 0.0231. The third-order valence-corrected chi connectivity index (χ3v) is 2.61. The topological polar surface area (TPSA) is 102 Å². The second kappa shape index (κ2) is 7.65.